The van der Waals surface area contributed by atoms with Gasteiger partial charge < -0.3 is 19.7 Å². The summed E-state index contributed by atoms with van der Waals surface area (Å²) in [5, 5.41) is 3.63. The first-order valence-electron chi connectivity index (χ1n) is 11.1. The maximum absolute atomic E-state index is 13.4. The van der Waals surface area contributed by atoms with Gasteiger partial charge in [0.05, 0.1) is 25.9 Å². The zero-order valence-electron chi connectivity index (χ0n) is 18.9. The van der Waals surface area contributed by atoms with Crippen LogP contribution < -0.4 is 10.1 Å². The molecule has 1 aliphatic heterocycles. The normalized spacial score (nSPS) is 13.6. The highest BCUT2D eigenvalue weighted by molar-refractivity contribution is 7.20. The fraction of sp³-hybridized carbons (Fsp3) is 0.308. The van der Waals surface area contributed by atoms with E-state index in [1.165, 1.54) is 11.3 Å². The predicted octanol–water partition coefficient (Wildman–Crippen LogP) is 4.78. The van der Waals surface area contributed by atoms with Gasteiger partial charge in [-0.15, -0.1) is 11.3 Å². The number of hydrogen-bond donors (Lipinski definition) is 1. The quantitative estimate of drug-likeness (QED) is 0.547. The largest absolute Gasteiger partial charge is 0.496 e. The van der Waals surface area contributed by atoms with Crippen LogP contribution in [0, 0.1) is 6.92 Å². The molecule has 1 fully saturated rings. The molecule has 0 saturated carbocycles. The average Bonchev–Trinajstić information content (AvgIpc) is 3.18. The number of thiophene rings is 1. The molecule has 1 saturated heterocycles. The Balaban J connectivity index is 1.59. The van der Waals surface area contributed by atoms with E-state index in [9.17, 15) is 9.59 Å². The maximum atomic E-state index is 13.4. The minimum absolute atomic E-state index is 0.0609. The van der Waals surface area contributed by atoms with Crippen LogP contribution in [0.25, 0.3) is 10.4 Å². The molecule has 172 valence electrons. The molecule has 0 spiro atoms. The highest BCUT2D eigenvalue weighted by atomic mass is 32.1. The van der Waals surface area contributed by atoms with Gasteiger partial charge in [0.2, 0.25) is 5.91 Å². The van der Waals surface area contributed by atoms with Crippen molar-refractivity contribution in [1.82, 2.24) is 4.90 Å². The number of ether oxygens (including phenoxy) is 2. The summed E-state index contributed by atoms with van der Waals surface area (Å²) in [6, 6.07) is 17.7. The summed E-state index contributed by atoms with van der Waals surface area (Å²) >= 11 is 1.45. The molecule has 2 aromatic carbocycles. The van der Waals surface area contributed by atoms with Gasteiger partial charge >= 0.3 is 0 Å². The Bertz CT molecular complexity index is 1120. The molecular weight excluding hydrogens is 436 g/mol. The number of aryl methyl sites for hydroxylation is 1. The lowest BCUT2D eigenvalue weighted by Crippen LogP contribution is -2.41. The molecule has 33 heavy (non-hydrogen) atoms. The van der Waals surface area contributed by atoms with Crippen molar-refractivity contribution in [3.63, 3.8) is 0 Å². The Morgan fingerprint density at radius 2 is 1.76 bits per heavy atom. The number of carbonyl (C=O) groups is 2. The third-order valence-electron chi connectivity index (χ3n) is 5.76. The van der Waals surface area contributed by atoms with Gasteiger partial charge in [0, 0.05) is 24.4 Å². The standard InChI is InChI=1S/C26H28N2O4S/c1-18-23(26(30)28-14-16-32-17-15-28)25(33-24(18)20-9-4-3-5-10-20)27-22(29)13-12-19-8-6-7-11-21(19)31-2/h3-11H,12-17H2,1-2H3,(H,27,29). The third kappa shape index (κ3) is 5.26. The molecule has 1 aromatic heterocycles. The van der Waals surface area contributed by atoms with Crippen molar-refractivity contribution in [3.8, 4) is 16.2 Å². The van der Waals surface area contributed by atoms with Crippen molar-refractivity contribution in [2.24, 2.45) is 0 Å². The summed E-state index contributed by atoms with van der Waals surface area (Å²) in [4.78, 5) is 29.1. The molecule has 0 atom stereocenters. The van der Waals surface area contributed by atoms with Crippen molar-refractivity contribution in [2.75, 3.05) is 38.7 Å². The van der Waals surface area contributed by atoms with Crippen molar-refractivity contribution in [3.05, 3.63) is 71.3 Å². The Morgan fingerprint density at radius 1 is 1.06 bits per heavy atom. The Morgan fingerprint density at radius 3 is 2.48 bits per heavy atom. The van der Waals surface area contributed by atoms with E-state index in [1.54, 1.807) is 12.0 Å². The molecule has 7 heteroatoms. The zero-order valence-corrected chi connectivity index (χ0v) is 19.7. The smallest absolute Gasteiger partial charge is 0.257 e. The summed E-state index contributed by atoms with van der Waals surface area (Å²) in [7, 11) is 1.63. The number of nitrogens with zero attached hydrogens (tertiary/aromatic N) is 1. The Kier molecular flexibility index (Phi) is 7.42. The van der Waals surface area contributed by atoms with Crippen molar-refractivity contribution < 1.29 is 19.1 Å². The minimum atomic E-state index is -0.127. The van der Waals surface area contributed by atoms with Crippen molar-refractivity contribution in [2.45, 2.75) is 19.8 Å². The van der Waals surface area contributed by atoms with Crippen molar-refractivity contribution >= 4 is 28.2 Å². The van der Waals surface area contributed by atoms with E-state index >= 15 is 0 Å². The number of morpholine rings is 1. The third-order valence-corrected chi connectivity index (χ3v) is 7.02. The van der Waals surface area contributed by atoms with Gasteiger partial charge in [0.25, 0.3) is 5.91 Å². The van der Waals surface area contributed by atoms with Gasteiger partial charge in [-0.1, -0.05) is 48.5 Å². The summed E-state index contributed by atoms with van der Waals surface area (Å²) in [6.45, 7) is 4.12. The lowest BCUT2D eigenvalue weighted by molar-refractivity contribution is -0.116. The van der Waals surface area contributed by atoms with E-state index in [-0.39, 0.29) is 11.8 Å². The fourth-order valence-electron chi connectivity index (χ4n) is 4.00. The fourth-order valence-corrected chi connectivity index (χ4v) is 5.22. The number of anilines is 1. The summed E-state index contributed by atoms with van der Waals surface area (Å²) < 4.78 is 10.8. The van der Waals surface area contributed by atoms with Gasteiger partial charge in [-0.25, -0.2) is 0 Å². The lowest BCUT2D eigenvalue weighted by Gasteiger charge is -2.27. The number of carbonyl (C=O) groups excluding carboxylic acids is 2. The van der Waals surface area contributed by atoms with Gasteiger partial charge in [0.1, 0.15) is 10.8 Å². The van der Waals surface area contributed by atoms with Gasteiger partial charge in [-0.2, -0.15) is 0 Å². The van der Waals surface area contributed by atoms with Crippen LogP contribution in [0.1, 0.15) is 27.9 Å². The SMILES string of the molecule is COc1ccccc1CCC(=O)Nc1sc(-c2ccccc2)c(C)c1C(=O)N1CCOCC1. The van der Waals surface area contributed by atoms with Crippen LogP contribution in [0.15, 0.2) is 54.6 Å². The van der Waals surface area contributed by atoms with Crippen LogP contribution in [-0.4, -0.2) is 50.1 Å². The highest BCUT2D eigenvalue weighted by Gasteiger charge is 2.28. The van der Waals surface area contributed by atoms with E-state index < -0.39 is 0 Å². The second kappa shape index (κ2) is 10.6. The zero-order chi connectivity index (χ0) is 23.2. The second-order valence-electron chi connectivity index (χ2n) is 7.89. The molecule has 4 rings (SSSR count). The number of hydrogen-bond acceptors (Lipinski definition) is 5. The molecule has 6 nitrogen and oxygen atoms in total. The number of nitrogens with one attached hydrogen (secondary N) is 1. The molecule has 3 aromatic rings. The topological polar surface area (TPSA) is 67.9 Å². The van der Waals surface area contributed by atoms with Crippen LogP contribution in [0.4, 0.5) is 5.00 Å². The van der Waals surface area contributed by atoms with Gasteiger partial charge in [-0.3, -0.25) is 9.59 Å². The number of rotatable bonds is 7. The predicted molar refractivity (Wildman–Crippen MR) is 131 cm³/mol. The maximum Gasteiger partial charge on any atom is 0.257 e. The first-order chi connectivity index (χ1) is 16.1. The molecule has 2 heterocycles. The van der Waals surface area contributed by atoms with E-state index in [0.717, 1.165) is 27.3 Å². The molecule has 0 aliphatic carbocycles. The van der Waals surface area contributed by atoms with Gasteiger partial charge in [0.15, 0.2) is 0 Å². The number of para-hydroxylation sites is 1. The van der Waals surface area contributed by atoms with Crippen molar-refractivity contribution in [1.29, 1.82) is 0 Å². The average molecular weight is 465 g/mol. The first-order valence-corrected chi connectivity index (χ1v) is 11.9. The number of amides is 2. The Hall–Kier alpha value is -3.16. The van der Waals surface area contributed by atoms with E-state index in [1.807, 2.05) is 61.5 Å². The first kappa shape index (κ1) is 23.0. The molecule has 1 N–H and O–H groups in total. The van der Waals surface area contributed by atoms with Crippen LogP contribution >= 0.6 is 11.3 Å². The number of benzene rings is 2. The molecule has 0 unspecified atom stereocenters. The molecular formula is C26H28N2O4S. The number of methoxy groups -OCH3 is 1. The van der Waals surface area contributed by atoms with Crippen LogP contribution in [0.3, 0.4) is 0 Å². The summed E-state index contributed by atoms with van der Waals surface area (Å²) in [5.74, 6) is 0.582. The monoisotopic (exact) mass is 464 g/mol. The van der Waals surface area contributed by atoms with Crippen LogP contribution in [-0.2, 0) is 16.0 Å². The summed E-state index contributed by atoms with van der Waals surface area (Å²) in [5.41, 5.74) is 3.48. The summed E-state index contributed by atoms with van der Waals surface area (Å²) in [6.07, 6.45) is 0.849. The van der Waals surface area contributed by atoms with E-state index in [2.05, 4.69) is 5.32 Å². The Labute approximate surface area is 198 Å². The van der Waals surface area contributed by atoms with Gasteiger partial charge in [-0.05, 0) is 36.1 Å². The van der Waals surface area contributed by atoms with E-state index in [0.29, 0.717) is 49.7 Å². The molecule has 0 bridgehead atoms. The van der Waals surface area contributed by atoms with Crippen LogP contribution in [0.2, 0.25) is 0 Å². The second-order valence-corrected chi connectivity index (χ2v) is 8.91. The molecule has 2 amide bonds. The highest BCUT2D eigenvalue weighted by Crippen LogP contribution is 2.40. The minimum Gasteiger partial charge on any atom is -0.496 e. The lowest BCUT2D eigenvalue weighted by atomic mass is 10.1. The van der Waals surface area contributed by atoms with Crippen LogP contribution in [0.5, 0.6) is 5.75 Å². The van der Waals surface area contributed by atoms with E-state index in [4.69, 9.17) is 9.47 Å². The molecule has 0 radical (unpaired) electrons. The molecule has 1 aliphatic rings.